The molecule has 0 radical (unpaired) electrons. The highest BCUT2D eigenvalue weighted by atomic mass is 127. The minimum Gasteiger partial charge on any atom is -0.394 e. The van der Waals surface area contributed by atoms with Gasteiger partial charge in [-0.2, -0.15) is 0 Å². The number of nitrogens with one attached hydrogen (secondary N) is 3. The average molecular weight is 821 g/mol. The number of ether oxygens (including phenoxy) is 1. The van der Waals surface area contributed by atoms with Crippen molar-refractivity contribution in [2.24, 2.45) is 0 Å². The van der Waals surface area contributed by atoms with Gasteiger partial charge >= 0.3 is 0 Å². The van der Waals surface area contributed by atoms with Gasteiger partial charge in [-0.05, 0) is 28.2 Å². The number of carbonyl (C=O) groups excluding carboxylic acids is 3. The van der Waals surface area contributed by atoms with Crippen molar-refractivity contribution in [3.8, 4) is 0 Å². The van der Waals surface area contributed by atoms with E-state index in [0.717, 1.165) is 0 Å². The quantitative estimate of drug-likeness (QED) is 0.0862. The summed E-state index contributed by atoms with van der Waals surface area (Å²) in [6.07, 6.45) is 0.714. The van der Waals surface area contributed by atoms with Gasteiger partial charge in [0, 0.05) is 9.15 Å². The molecule has 0 saturated carbocycles. The van der Waals surface area contributed by atoms with E-state index in [0.29, 0.717) is 9.15 Å². The number of morpholine rings is 1. The van der Waals surface area contributed by atoms with Crippen molar-refractivity contribution >= 4 is 85.5 Å². The molecular formula is C19H26I3N3O9. The van der Waals surface area contributed by atoms with Crippen molar-refractivity contribution in [1.82, 2.24) is 16.0 Å². The molecule has 15 heteroatoms. The maximum absolute atomic E-state index is 13.3. The van der Waals surface area contributed by atoms with Crippen LogP contribution in [0, 0.1) is 0 Å². The van der Waals surface area contributed by atoms with Gasteiger partial charge < -0.3 is 46.2 Å². The summed E-state index contributed by atoms with van der Waals surface area (Å²) in [7, 11) is 0. The Balaban J connectivity index is 2.59. The summed E-state index contributed by atoms with van der Waals surface area (Å²) < 4.78 is 3.93. The van der Waals surface area contributed by atoms with Crippen LogP contribution in [0.4, 0.5) is 0 Å². The predicted molar refractivity (Wildman–Crippen MR) is 145 cm³/mol. The third-order valence-corrected chi connectivity index (χ3v) is 10.7. The molecule has 8 N–H and O–H groups in total. The molecular weight excluding hydrogens is 795 g/mol. The fraction of sp³-hybridized carbons (Fsp3) is 0.632. The predicted octanol–water partition coefficient (Wildman–Crippen LogP) is -2.59. The Morgan fingerprint density at radius 3 is 2.21 bits per heavy atom. The SMILES string of the molecule is O=C1COC(C2=CC(I)(C(=O)NC(CO)CO)C(I)C(C(=O)NC(CO)CO)=C2I)C(CO)N1. The van der Waals surface area contributed by atoms with Crippen molar-refractivity contribution in [2.75, 3.05) is 39.6 Å². The first kappa shape index (κ1) is 30.1. The first-order chi connectivity index (χ1) is 16.1. The summed E-state index contributed by atoms with van der Waals surface area (Å²) in [4.78, 5) is 38.3. The molecule has 1 fully saturated rings. The summed E-state index contributed by atoms with van der Waals surface area (Å²) in [5, 5.41) is 55.1. The van der Waals surface area contributed by atoms with Crippen LogP contribution in [0.3, 0.4) is 0 Å². The average Bonchev–Trinajstić information content (AvgIpc) is 2.83. The summed E-state index contributed by atoms with van der Waals surface area (Å²) in [5.74, 6) is -1.64. The second kappa shape index (κ2) is 13.4. The summed E-state index contributed by atoms with van der Waals surface area (Å²) in [6, 6.07) is -2.69. The zero-order valence-electron chi connectivity index (χ0n) is 17.7. The number of carbonyl (C=O) groups is 3. The number of alkyl halides is 2. The van der Waals surface area contributed by atoms with Crippen LogP contribution in [-0.4, -0.2) is 114 Å². The molecule has 4 unspecified atom stereocenters. The minimum atomic E-state index is -1.41. The number of aliphatic hydroxyl groups excluding tert-OH is 5. The van der Waals surface area contributed by atoms with Crippen molar-refractivity contribution in [1.29, 1.82) is 0 Å². The molecule has 1 aliphatic carbocycles. The van der Waals surface area contributed by atoms with Gasteiger partial charge in [-0.15, -0.1) is 0 Å². The van der Waals surface area contributed by atoms with Crippen LogP contribution < -0.4 is 16.0 Å². The third-order valence-electron chi connectivity index (χ3n) is 5.23. The molecule has 34 heavy (non-hydrogen) atoms. The third kappa shape index (κ3) is 6.58. The molecule has 3 amide bonds. The highest BCUT2D eigenvalue weighted by Gasteiger charge is 2.50. The number of amides is 3. The Kier molecular flexibility index (Phi) is 11.9. The highest BCUT2D eigenvalue weighted by Crippen LogP contribution is 2.47. The van der Waals surface area contributed by atoms with Gasteiger partial charge in [0.1, 0.15) is 16.1 Å². The van der Waals surface area contributed by atoms with Gasteiger partial charge in [0.05, 0.1) is 55.1 Å². The molecule has 12 nitrogen and oxygen atoms in total. The van der Waals surface area contributed by atoms with Crippen LogP contribution in [0.25, 0.3) is 0 Å². The van der Waals surface area contributed by atoms with Crippen LogP contribution in [0.5, 0.6) is 0 Å². The van der Waals surface area contributed by atoms with Crippen molar-refractivity contribution in [2.45, 2.75) is 31.6 Å². The number of halogens is 3. The van der Waals surface area contributed by atoms with Crippen LogP contribution in [0.2, 0.25) is 0 Å². The van der Waals surface area contributed by atoms with Gasteiger partial charge in [-0.3, -0.25) is 14.4 Å². The molecule has 0 aromatic heterocycles. The number of hydrogen-bond donors (Lipinski definition) is 8. The molecule has 192 valence electrons. The molecule has 2 aliphatic rings. The van der Waals surface area contributed by atoms with Crippen molar-refractivity contribution in [3.05, 3.63) is 20.8 Å². The van der Waals surface area contributed by atoms with E-state index in [2.05, 4.69) is 16.0 Å². The first-order valence-electron chi connectivity index (χ1n) is 10.1. The molecule has 1 saturated heterocycles. The van der Waals surface area contributed by atoms with E-state index >= 15 is 0 Å². The summed E-state index contributed by atoms with van der Waals surface area (Å²) >= 11 is 5.74. The standard InChI is InChI=1S/C19H26I3N3O9/c20-14-10(15-11(6-30)25-12(31)7-34-15)1-19(22,18(33)24-9(4-28)5-29)16(21)13(14)17(32)23-8(2-26)3-27/h1,8-9,11,15-16,26-30H,2-7H2,(H,23,32)(H,24,33)(H,25,31). The molecule has 0 aromatic rings. The van der Waals surface area contributed by atoms with Gasteiger partial charge in [-0.25, -0.2) is 0 Å². The molecule has 1 aliphatic heterocycles. The van der Waals surface area contributed by atoms with E-state index < -0.39 is 82.3 Å². The zero-order valence-corrected chi connectivity index (χ0v) is 24.2. The fourth-order valence-corrected chi connectivity index (χ4v) is 6.83. The Morgan fingerprint density at radius 2 is 1.68 bits per heavy atom. The zero-order chi connectivity index (χ0) is 25.6. The van der Waals surface area contributed by atoms with E-state index in [-0.39, 0.29) is 12.2 Å². The normalized spacial score (nSPS) is 27.5. The van der Waals surface area contributed by atoms with E-state index in [1.54, 1.807) is 6.08 Å². The summed E-state index contributed by atoms with van der Waals surface area (Å²) in [6.45, 7) is -2.76. The van der Waals surface area contributed by atoms with E-state index in [4.69, 9.17) is 4.74 Å². The van der Waals surface area contributed by atoms with Gasteiger partial charge in [0.25, 0.3) is 0 Å². The maximum Gasteiger partial charge on any atom is 0.249 e. The summed E-state index contributed by atoms with van der Waals surface area (Å²) in [5.41, 5.74) is 0.549. The minimum absolute atomic E-state index is 0.164. The second-order valence-electron chi connectivity index (χ2n) is 7.62. The molecule has 2 rings (SSSR count). The molecule has 0 aromatic carbocycles. The molecule has 0 spiro atoms. The number of aliphatic hydroxyl groups is 5. The van der Waals surface area contributed by atoms with Crippen molar-refractivity contribution < 1.29 is 44.7 Å². The van der Waals surface area contributed by atoms with E-state index in [1.165, 1.54) is 0 Å². The molecule has 0 bridgehead atoms. The lowest BCUT2D eigenvalue weighted by Gasteiger charge is -2.40. The van der Waals surface area contributed by atoms with Gasteiger partial charge in [-0.1, -0.05) is 51.3 Å². The maximum atomic E-state index is 13.3. The Bertz CT molecular complexity index is 848. The lowest BCUT2D eigenvalue weighted by atomic mass is 9.84. The van der Waals surface area contributed by atoms with Crippen LogP contribution >= 0.6 is 67.8 Å². The monoisotopic (exact) mass is 821 g/mol. The lowest BCUT2D eigenvalue weighted by Crippen LogP contribution is -2.58. The van der Waals surface area contributed by atoms with Gasteiger partial charge in [0.15, 0.2) is 0 Å². The van der Waals surface area contributed by atoms with Crippen LogP contribution in [0.15, 0.2) is 20.8 Å². The molecule has 1 heterocycles. The fourth-order valence-electron chi connectivity index (χ4n) is 3.35. The second-order valence-corrected chi connectivity index (χ2v) is 11.7. The van der Waals surface area contributed by atoms with Crippen LogP contribution in [0.1, 0.15) is 0 Å². The van der Waals surface area contributed by atoms with E-state index in [9.17, 15) is 39.9 Å². The van der Waals surface area contributed by atoms with Crippen LogP contribution in [-0.2, 0) is 19.1 Å². The topological polar surface area (TPSA) is 198 Å². The smallest absolute Gasteiger partial charge is 0.249 e. The largest absolute Gasteiger partial charge is 0.394 e. The number of hydrogen-bond acceptors (Lipinski definition) is 9. The Labute approximate surface area is 236 Å². The first-order valence-corrected chi connectivity index (χ1v) is 13.5. The number of rotatable bonds is 10. The Hall–Kier alpha value is -0.160. The van der Waals surface area contributed by atoms with Crippen molar-refractivity contribution in [3.63, 3.8) is 0 Å². The highest BCUT2D eigenvalue weighted by molar-refractivity contribution is 14.1. The Morgan fingerprint density at radius 1 is 1.12 bits per heavy atom. The van der Waals surface area contributed by atoms with E-state index in [1.807, 2.05) is 67.8 Å². The van der Waals surface area contributed by atoms with Gasteiger partial charge in [0.2, 0.25) is 17.7 Å². The molecule has 4 atom stereocenters. The lowest BCUT2D eigenvalue weighted by molar-refractivity contribution is -0.136.